The zero-order valence-electron chi connectivity index (χ0n) is 14.9. The number of carbonyl (C=O) groups is 2. The molecule has 0 amide bonds. The highest BCUT2D eigenvalue weighted by Crippen LogP contribution is 2.30. The Labute approximate surface area is 152 Å². The Bertz CT molecular complexity index is 594. The summed E-state index contributed by atoms with van der Waals surface area (Å²) >= 11 is 3.50. The smallest absolute Gasteiger partial charge is 0.339 e. The molecule has 1 aromatic carbocycles. The molecule has 0 aromatic heterocycles. The van der Waals surface area contributed by atoms with Gasteiger partial charge in [-0.25, -0.2) is 9.59 Å². The van der Waals surface area contributed by atoms with E-state index < -0.39 is 11.9 Å². The summed E-state index contributed by atoms with van der Waals surface area (Å²) in [6.45, 7) is 8.46. The molecule has 0 aliphatic carbocycles. The summed E-state index contributed by atoms with van der Waals surface area (Å²) in [5.74, 6) is -1.08. The van der Waals surface area contributed by atoms with Gasteiger partial charge in [0.25, 0.3) is 0 Å². The van der Waals surface area contributed by atoms with Gasteiger partial charge in [-0.2, -0.15) is 0 Å². The molecule has 0 aliphatic rings. The van der Waals surface area contributed by atoms with Crippen molar-refractivity contribution in [3.63, 3.8) is 0 Å². The zero-order chi connectivity index (χ0) is 18.3. The van der Waals surface area contributed by atoms with Gasteiger partial charge in [0.1, 0.15) is 0 Å². The third kappa shape index (κ3) is 5.62. The maximum atomic E-state index is 12.3. The van der Waals surface area contributed by atoms with Gasteiger partial charge < -0.3 is 9.84 Å². The number of aryl methyl sites for hydroxylation is 1. The Hall–Kier alpha value is -1.36. The molecule has 0 aliphatic heterocycles. The van der Waals surface area contributed by atoms with Crippen LogP contribution < -0.4 is 0 Å². The van der Waals surface area contributed by atoms with Crippen LogP contribution in [0.1, 0.15) is 78.3 Å². The Morgan fingerprint density at radius 3 is 2.50 bits per heavy atom. The minimum atomic E-state index is -1.09. The maximum Gasteiger partial charge on any atom is 0.339 e. The van der Waals surface area contributed by atoms with Crippen LogP contribution in [0.4, 0.5) is 0 Å². The first-order chi connectivity index (χ1) is 11.3. The molecule has 0 fully saturated rings. The van der Waals surface area contributed by atoms with Crippen molar-refractivity contribution in [3.05, 3.63) is 32.8 Å². The van der Waals surface area contributed by atoms with Gasteiger partial charge >= 0.3 is 11.9 Å². The molecule has 0 heterocycles. The van der Waals surface area contributed by atoms with E-state index in [1.807, 2.05) is 13.8 Å². The van der Waals surface area contributed by atoms with Crippen molar-refractivity contribution in [2.75, 3.05) is 6.61 Å². The number of carbonyl (C=O) groups excluding carboxylic acids is 1. The maximum absolute atomic E-state index is 12.3. The highest BCUT2D eigenvalue weighted by molar-refractivity contribution is 9.10. The number of unbranched alkanes of at least 4 members (excludes halogenated alkanes) is 1. The van der Waals surface area contributed by atoms with E-state index in [0.29, 0.717) is 24.5 Å². The first-order valence-corrected chi connectivity index (χ1v) is 9.31. The number of carboxylic acids is 1. The molecular weight excluding hydrogens is 372 g/mol. The van der Waals surface area contributed by atoms with E-state index in [2.05, 4.69) is 29.8 Å². The van der Waals surface area contributed by atoms with E-state index in [1.54, 1.807) is 6.07 Å². The third-order valence-corrected chi connectivity index (χ3v) is 5.02. The monoisotopic (exact) mass is 398 g/mol. The average Bonchev–Trinajstić information content (AvgIpc) is 2.50. The molecule has 0 saturated heterocycles. The number of aromatic carboxylic acids is 1. The number of rotatable bonds is 9. The van der Waals surface area contributed by atoms with Gasteiger partial charge in [-0.3, -0.25) is 0 Å². The van der Waals surface area contributed by atoms with Crippen LogP contribution in [0.15, 0.2) is 10.5 Å². The predicted molar refractivity (Wildman–Crippen MR) is 98.8 cm³/mol. The normalized spacial score (nSPS) is 10.9. The van der Waals surface area contributed by atoms with Crippen molar-refractivity contribution in [2.24, 2.45) is 5.92 Å². The molecule has 1 aromatic rings. The van der Waals surface area contributed by atoms with E-state index in [4.69, 9.17) is 4.74 Å². The Morgan fingerprint density at radius 2 is 1.96 bits per heavy atom. The molecule has 4 nitrogen and oxygen atoms in total. The molecule has 1 N–H and O–H groups in total. The van der Waals surface area contributed by atoms with Gasteiger partial charge in [0.15, 0.2) is 0 Å². The van der Waals surface area contributed by atoms with Crippen molar-refractivity contribution in [1.29, 1.82) is 0 Å². The molecule has 0 atom stereocenters. The van der Waals surface area contributed by atoms with Crippen molar-refractivity contribution in [2.45, 2.75) is 59.8 Å². The first kappa shape index (κ1) is 20.7. The molecule has 5 heteroatoms. The van der Waals surface area contributed by atoms with Gasteiger partial charge in [0.05, 0.1) is 17.7 Å². The topological polar surface area (TPSA) is 63.6 Å². The highest BCUT2D eigenvalue weighted by atomic mass is 79.9. The van der Waals surface area contributed by atoms with Crippen LogP contribution >= 0.6 is 15.9 Å². The van der Waals surface area contributed by atoms with Gasteiger partial charge in [-0.05, 0) is 49.3 Å². The Kier molecular flexibility index (Phi) is 8.46. The number of benzene rings is 1. The number of esters is 1. The van der Waals surface area contributed by atoms with E-state index in [1.165, 1.54) is 0 Å². The fraction of sp³-hybridized carbons (Fsp3) is 0.579. The van der Waals surface area contributed by atoms with E-state index in [0.717, 1.165) is 35.7 Å². The van der Waals surface area contributed by atoms with Crippen molar-refractivity contribution < 1.29 is 19.4 Å². The second-order valence-electron chi connectivity index (χ2n) is 6.49. The largest absolute Gasteiger partial charge is 0.478 e. The summed E-state index contributed by atoms with van der Waals surface area (Å²) in [6, 6.07) is 1.60. The summed E-state index contributed by atoms with van der Waals surface area (Å²) < 4.78 is 6.01. The zero-order valence-corrected chi connectivity index (χ0v) is 16.5. The lowest BCUT2D eigenvalue weighted by molar-refractivity contribution is 0.0489. The lowest BCUT2D eigenvalue weighted by Crippen LogP contribution is -2.16. The van der Waals surface area contributed by atoms with E-state index in [9.17, 15) is 14.7 Å². The van der Waals surface area contributed by atoms with Crippen LogP contribution in [-0.2, 0) is 11.2 Å². The number of halogens is 1. The predicted octanol–water partition coefficient (Wildman–Crippen LogP) is 5.39. The lowest BCUT2D eigenvalue weighted by Gasteiger charge is -2.16. The summed E-state index contributed by atoms with van der Waals surface area (Å²) in [5, 5.41) is 9.66. The van der Waals surface area contributed by atoms with Crippen molar-refractivity contribution in [3.8, 4) is 0 Å². The molecule has 134 valence electrons. The lowest BCUT2D eigenvalue weighted by atomic mass is 9.93. The van der Waals surface area contributed by atoms with Crippen LogP contribution in [-0.4, -0.2) is 23.7 Å². The summed E-state index contributed by atoms with van der Waals surface area (Å²) in [4.78, 5) is 24.2. The molecule has 0 saturated carbocycles. The minimum absolute atomic E-state index is 0.0673. The van der Waals surface area contributed by atoms with Crippen LogP contribution in [0.25, 0.3) is 0 Å². The number of hydrogen-bond acceptors (Lipinski definition) is 3. The Morgan fingerprint density at radius 1 is 1.29 bits per heavy atom. The first-order valence-electron chi connectivity index (χ1n) is 8.51. The van der Waals surface area contributed by atoms with E-state index >= 15 is 0 Å². The fourth-order valence-corrected chi connectivity index (χ4v) is 3.09. The fourth-order valence-electron chi connectivity index (χ4n) is 2.58. The van der Waals surface area contributed by atoms with Crippen LogP contribution in [0, 0.1) is 12.8 Å². The minimum Gasteiger partial charge on any atom is -0.478 e. The second kappa shape index (κ2) is 9.82. The van der Waals surface area contributed by atoms with Crippen LogP contribution in [0.5, 0.6) is 0 Å². The highest BCUT2D eigenvalue weighted by Gasteiger charge is 2.25. The van der Waals surface area contributed by atoms with Gasteiger partial charge in [0.2, 0.25) is 0 Å². The number of ether oxygens (including phenoxy) is 1. The molecule has 0 spiro atoms. The van der Waals surface area contributed by atoms with Gasteiger partial charge in [0, 0.05) is 4.47 Å². The molecule has 0 radical (unpaired) electrons. The quantitative estimate of drug-likeness (QED) is 0.447. The molecule has 1 rings (SSSR count). The average molecular weight is 399 g/mol. The third-order valence-electron chi connectivity index (χ3n) is 3.92. The molecule has 0 bridgehead atoms. The number of hydrogen-bond donors (Lipinski definition) is 1. The standard InChI is InChI=1S/C19H27BrO4/c1-5-6-10-24-19(23)15-11-13(4)17(20)14(16(15)18(21)22)9-7-8-12(2)3/h11-12H,5-10H2,1-4H3,(H,21,22). The van der Waals surface area contributed by atoms with Crippen LogP contribution in [0.2, 0.25) is 0 Å². The molecule has 0 unspecified atom stereocenters. The summed E-state index contributed by atoms with van der Waals surface area (Å²) in [6.07, 6.45) is 4.20. The molecule has 24 heavy (non-hydrogen) atoms. The number of carboxylic acid groups (broad SMARTS) is 1. The Balaban J connectivity index is 3.21. The SMILES string of the molecule is CCCCOC(=O)c1cc(C)c(Br)c(CCCC(C)C)c1C(=O)O. The van der Waals surface area contributed by atoms with Crippen molar-refractivity contribution >= 4 is 27.9 Å². The van der Waals surface area contributed by atoms with Gasteiger partial charge in [-0.15, -0.1) is 0 Å². The second-order valence-corrected chi connectivity index (χ2v) is 7.28. The summed E-state index contributed by atoms with van der Waals surface area (Å²) in [7, 11) is 0. The van der Waals surface area contributed by atoms with E-state index in [-0.39, 0.29) is 11.1 Å². The van der Waals surface area contributed by atoms with Crippen LogP contribution in [0.3, 0.4) is 0 Å². The van der Waals surface area contributed by atoms with Crippen molar-refractivity contribution in [1.82, 2.24) is 0 Å². The molecular formula is C19H27BrO4. The van der Waals surface area contributed by atoms with Gasteiger partial charge in [-0.1, -0.05) is 49.5 Å². The summed E-state index contributed by atoms with van der Waals surface area (Å²) in [5.41, 5.74) is 1.75.